The average molecular weight is 567 g/mol. The van der Waals surface area contributed by atoms with Crippen molar-refractivity contribution in [2.24, 2.45) is 5.14 Å². The fourth-order valence-electron chi connectivity index (χ4n) is 3.81. The molecule has 0 aliphatic heterocycles. The molecule has 9 nitrogen and oxygen atoms in total. The number of nitrogens with zero attached hydrogens (tertiary/aromatic N) is 4. The van der Waals surface area contributed by atoms with Crippen molar-refractivity contribution in [3.63, 3.8) is 0 Å². The van der Waals surface area contributed by atoms with Gasteiger partial charge in [0.15, 0.2) is 5.16 Å². The van der Waals surface area contributed by atoms with E-state index in [4.69, 9.17) is 16.7 Å². The molecule has 0 fully saturated rings. The number of primary sulfonamides is 1. The monoisotopic (exact) mass is 566 g/mol. The summed E-state index contributed by atoms with van der Waals surface area (Å²) in [5.74, 6) is -1.31. The van der Waals surface area contributed by atoms with Crippen molar-refractivity contribution in [2.75, 3.05) is 11.1 Å². The summed E-state index contributed by atoms with van der Waals surface area (Å²) in [6.45, 7) is 5.51. The minimum Gasteiger partial charge on any atom is -0.324 e. The summed E-state index contributed by atoms with van der Waals surface area (Å²) in [6.07, 6.45) is -2.92. The summed E-state index contributed by atoms with van der Waals surface area (Å²) in [7, 11) is -3.96. The minimum atomic E-state index is -3.96. The first-order valence-electron chi connectivity index (χ1n) is 10.7. The van der Waals surface area contributed by atoms with Crippen molar-refractivity contribution >= 4 is 55.9 Å². The third kappa shape index (κ3) is 5.59. The first-order valence-corrected chi connectivity index (χ1v) is 13.6. The second kappa shape index (κ2) is 10.3. The molecule has 4 rings (SSSR count). The number of sulfonamides is 1. The lowest BCUT2D eigenvalue weighted by Gasteiger charge is -2.16. The van der Waals surface area contributed by atoms with E-state index in [1.54, 1.807) is 6.92 Å². The van der Waals surface area contributed by atoms with Crippen LogP contribution < -0.4 is 10.5 Å². The minimum absolute atomic E-state index is 0.0313. The van der Waals surface area contributed by atoms with Crippen LogP contribution in [-0.2, 0) is 14.8 Å². The Morgan fingerprint density at radius 2 is 1.86 bits per heavy atom. The molecule has 0 unspecified atom stereocenters. The maximum Gasteiger partial charge on any atom is 0.297 e. The summed E-state index contributed by atoms with van der Waals surface area (Å²) in [4.78, 5) is 17.0. The van der Waals surface area contributed by atoms with Crippen LogP contribution in [-0.4, -0.2) is 39.8 Å². The van der Waals surface area contributed by atoms with Crippen LogP contribution in [0.3, 0.4) is 0 Å². The zero-order chi connectivity index (χ0) is 27.1. The highest BCUT2D eigenvalue weighted by Crippen LogP contribution is 2.34. The molecule has 14 heteroatoms. The van der Waals surface area contributed by atoms with Crippen LogP contribution in [0.5, 0.6) is 0 Å². The van der Waals surface area contributed by atoms with Gasteiger partial charge in [-0.05, 0) is 56.2 Å². The molecular weight excluding hydrogens is 546 g/mol. The van der Waals surface area contributed by atoms with E-state index in [1.807, 2.05) is 32.0 Å². The lowest BCUT2D eigenvalue weighted by molar-refractivity contribution is -0.113. The first kappa shape index (κ1) is 26.9. The van der Waals surface area contributed by atoms with Crippen molar-refractivity contribution in [2.45, 2.75) is 37.2 Å². The standard InChI is InChI=1S/C23H21ClF2N6O3S2/c1-11-8-12(2)20(19-15(11)6-4-13(3)28-19)32-22(21(25)26)30-31-23(32)36-10-18(33)29-17-7-5-14(9-16(17)24)37(27,34)35/h4-9,21H,10H2,1-3H3,(H,29,33)(H2,27,34,35). The molecule has 2 heterocycles. The van der Waals surface area contributed by atoms with Gasteiger partial charge in [0.1, 0.15) is 0 Å². The number of nitrogens with one attached hydrogen (secondary N) is 1. The summed E-state index contributed by atoms with van der Waals surface area (Å²) < 4.78 is 52.1. The molecule has 0 bridgehead atoms. The van der Waals surface area contributed by atoms with Gasteiger partial charge in [-0.25, -0.2) is 22.3 Å². The van der Waals surface area contributed by atoms with E-state index in [2.05, 4.69) is 20.5 Å². The van der Waals surface area contributed by atoms with Crippen molar-refractivity contribution in [1.29, 1.82) is 0 Å². The number of aryl methyl sites for hydroxylation is 3. The molecule has 2 aromatic carbocycles. The van der Waals surface area contributed by atoms with Crippen molar-refractivity contribution in [3.05, 3.63) is 64.1 Å². The predicted octanol–water partition coefficient (Wildman–Crippen LogP) is 4.71. The number of amides is 1. The van der Waals surface area contributed by atoms with Crippen LogP contribution in [0.25, 0.3) is 16.6 Å². The number of carbonyl (C=O) groups is 1. The summed E-state index contributed by atoms with van der Waals surface area (Å²) in [5.41, 5.74) is 3.44. The van der Waals surface area contributed by atoms with Gasteiger partial charge in [-0.15, -0.1) is 10.2 Å². The van der Waals surface area contributed by atoms with Gasteiger partial charge in [0.25, 0.3) is 6.43 Å². The molecule has 0 radical (unpaired) electrons. The van der Waals surface area contributed by atoms with Crippen molar-refractivity contribution in [1.82, 2.24) is 19.7 Å². The number of pyridine rings is 1. The number of carbonyl (C=O) groups excluding carboxylic acids is 1. The smallest absolute Gasteiger partial charge is 0.297 e. The van der Waals surface area contributed by atoms with Gasteiger partial charge in [-0.2, -0.15) is 0 Å². The molecule has 0 saturated carbocycles. The Labute approximate surface area is 220 Å². The molecule has 3 N–H and O–H groups in total. The molecule has 0 aliphatic rings. The highest BCUT2D eigenvalue weighted by Gasteiger charge is 2.25. The molecule has 0 spiro atoms. The molecule has 2 aromatic heterocycles. The number of nitrogens with two attached hydrogens (primary N) is 1. The number of thioether (sulfide) groups is 1. The van der Waals surface area contributed by atoms with Crippen LogP contribution in [0.15, 0.2) is 46.5 Å². The third-order valence-corrected chi connectivity index (χ3v) is 7.60. The number of hydrogen-bond donors (Lipinski definition) is 2. The van der Waals surface area contributed by atoms with Gasteiger partial charge in [0.2, 0.25) is 21.8 Å². The molecule has 4 aromatic rings. The Bertz CT molecular complexity index is 1640. The second-order valence-corrected chi connectivity index (χ2v) is 11.1. The number of aromatic nitrogens is 4. The van der Waals surface area contributed by atoms with Crippen molar-refractivity contribution < 1.29 is 22.0 Å². The lowest BCUT2D eigenvalue weighted by atomic mass is 10.0. The molecule has 0 aliphatic carbocycles. The van der Waals surface area contributed by atoms with Gasteiger partial charge >= 0.3 is 0 Å². The normalized spacial score (nSPS) is 11.9. The zero-order valence-corrected chi connectivity index (χ0v) is 22.2. The quantitative estimate of drug-likeness (QED) is 0.309. The first-order chi connectivity index (χ1) is 17.4. The number of benzene rings is 2. The second-order valence-electron chi connectivity index (χ2n) is 8.21. The van der Waals surface area contributed by atoms with E-state index in [0.29, 0.717) is 22.5 Å². The number of fused-ring (bicyclic) bond motifs is 1. The maximum atomic E-state index is 14.0. The Balaban J connectivity index is 1.67. The van der Waals surface area contributed by atoms with Crippen LogP contribution >= 0.6 is 23.4 Å². The molecule has 1 amide bonds. The summed E-state index contributed by atoms with van der Waals surface area (Å²) in [5, 5.41) is 16.1. The van der Waals surface area contributed by atoms with E-state index in [9.17, 15) is 22.0 Å². The van der Waals surface area contributed by atoms with E-state index in [0.717, 1.165) is 28.8 Å². The Morgan fingerprint density at radius 1 is 1.14 bits per heavy atom. The average Bonchev–Trinajstić information content (AvgIpc) is 3.22. The van der Waals surface area contributed by atoms with Gasteiger partial charge in [0, 0.05) is 11.1 Å². The maximum absolute atomic E-state index is 14.0. The number of rotatable bonds is 7. The highest BCUT2D eigenvalue weighted by molar-refractivity contribution is 7.99. The number of halogens is 3. The molecule has 0 saturated heterocycles. The van der Waals surface area contributed by atoms with E-state index in [1.165, 1.54) is 16.7 Å². The van der Waals surface area contributed by atoms with E-state index >= 15 is 0 Å². The molecular formula is C23H21ClF2N6O3S2. The Morgan fingerprint density at radius 3 is 2.51 bits per heavy atom. The number of alkyl halides is 2. The third-order valence-electron chi connectivity index (χ3n) is 5.44. The van der Waals surface area contributed by atoms with E-state index in [-0.39, 0.29) is 26.5 Å². The zero-order valence-electron chi connectivity index (χ0n) is 19.8. The van der Waals surface area contributed by atoms with Crippen LogP contribution in [0.4, 0.5) is 14.5 Å². The number of hydrogen-bond acceptors (Lipinski definition) is 7. The van der Waals surface area contributed by atoms with Crippen LogP contribution in [0.2, 0.25) is 5.02 Å². The van der Waals surface area contributed by atoms with Gasteiger partial charge in [-0.1, -0.05) is 35.5 Å². The van der Waals surface area contributed by atoms with Crippen molar-refractivity contribution in [3.8, 4) is 5.69 Å². The van der Waals surface area contributed by atoms with E-state index < -0.39 is 28.2 Å². The fourth-order valence-corrected chi connectivity index (χ4v) is 5.39. The summed E-state index contributed by atoms with van der Waals surface area (Å²) in [6, 6.07) is 9.22. The van der Waals surface area contributed by atoms with Gasteiger partial charge in [0.05, 0.1) is 32.6 Å². The summed E-state index contributed by atoms with van der Waals surface area (Å²) >= 11 is 6.98. The molecule has 37 heavy (non-hydrogen) atoms. The largest absolute Gasteiger partial charge is 0.324 e. The van der Waals surface area contributed by atoms with Gasteiger partial charge < -0.3 is 5.32 Å². The molecule has 194 valence electrons. The van der Waals surface area contributed by atoms with Gasteiger partial charge in [-0.3, -0.25) is 14.3 Å². The SMILES string of the molecule is Cc1ccc2c(C)cc(C)c(-n3c(SCC(=O)Nc4ccc(S(N)(=O)=O)cc4Cl)nnc3C(F)F)c2n1. The van der Waals surface area contributed by atoms with Crippen LogP contribution in [0, 0.1) is 20.8 Å². The number of anilines is 1. The highest BCUT2D eigenvalue weighted by atomic mass is 35.5. The lowest BCUT2D eigenvalue weighted by Crippen LogP contribution is -2.16. The fraction of sp³-hybridized carbons (Fsp3) is 0.217. The Kier molecular flexibility index (Phi) is 7.51. The molecule has 0 atom stereocenters. The predicted molar refractivity (Wildman–Crippen MR) is 138 cm³/mol. The Hall–Kier alpha value is -3.13. The van der Waals surface area contributed by atoms with Crippen LogP contribution in [0.1, 0.15) is 29.1 Å². The topological polar surface area (TPSA) is 133 Å².